The van der Waals surface area contributed by atoms with E-state index in [-0.39, 0.29) is 17.5 Å². The van der Waals surface area contributed by atoms with Gasteiger partial charge in [-0.3, -0.25) is 9.59 Å². The summed E-state index contributed by atoms with van der Waals surface area (Å²) in [6.07, 6.45) is 6.58. The summed E-state index contributed by atoms with van der Waals surface area (Å²) in [5, 5.41) is 0. The van der Waals surface area contributed by atoms with Crippen LogP contribution in [0.2, 0.25) is 0 Å². The fraction of sp³-hybridized carbons (Fsp3) is 0.818. The smallest absolute Gasteiger partial charge is 0.201 e. The van der Waals surface area contributed by atoms with Gasteiger partial charge in [-0.1, -0.05) is 26.2 Å². The number of carbonyl (C=O) groups is 2. The number of ketones is 2. The lowest BCUT2D eigenvalue weighted by molar-refractivity contribution is -0.139. The lowest BCUT2D eigenvalue weighted by Gasteiger charge is -2.19. The molecule has 2 nitrogen and oxygen atoms in total. The van der Waals surface area contributed by atoms with Gasteiger partial charge in [0.2, 0.25) is 5.78 Å². The second kappa shape index (κ2) is 5.15. The van der Waals surface area contributed by atoms with E-state index < -0.39 is 0 Å². The summed E-state index contributed by atoms with van der Waals surface area (Å²) in [6, 6.07) is 0. The minimum Gasteiger partial charge on any atom is -0.291 e. The molecule has 0 bridgehead atoms. The highest BCUT2D eigenvalue weighted by Gasteiger charge is 2.25. The Morgan fingerprint density at radius 3 is 2.31 bits per heavy atom. The molecule has 0 aromatic carbocycles. The number of hydrogen-bond donors (Lipinski definition) is 0. The van der Waals surface area contributed by atoms with Crippen LogP contribution in [0.4, 0.5) is 0 Å². The highest BCUT2D eigenvalue weighted by molar-refractivity contribution is 6.37. The molecule has 0 amide bonds. The van der Waals surface area contributed by atoms with Gasteiger partial charge in [0.05, 0.1) is 0 Å². The topological polar surface area (TPSA) is 34.1 Å². The van der Waals surface area contributed by atoms with Gasteiger partial charge in [0.1, 0.15) is 0 Å². The molecule has 0 aromatic rings. The van der Waals surface area contributed by atoms with Gasteiger partial charge >= 0.3 is 0 Å². The molecule has 0 unspecified atom stereocenters. The predicted molar refractivity (Wildman–Crippen MR) is 51.5 cm³/mol. The van der Waals surface area contributed by atoms with E-state index in [9.17, 15) is 9.59 Å². The van der Waals surface area contributed by atoms with Crippen molar-refractivity contribution in [3.05, 3.63) is 0 Å². The lowest BCUT2D eigenvalue weighted by atomic mass is 9.84. The monoisotopic (exact) mass is 182 g/mol. The van der Waals surface area contributed by atoms with Crippen molar-refractivity contribution in [3.8, 4) is 0 Å². The largest absolute Gasteiger partial charge is 0.291 e. The second-order valence-electron chi connectivity index (χ2n) is 3.87. The molecule has 1 aliphatic carbocycles. The van der Waals surface area contributed by atoms with Crippen LogP contribution >= 0.6 is 0 Å². The van der Waals surface area contributed by atoms with Crippen LogP contribution in [0.1, 0.15) is 51.9 Å². The van der Waals surface area contributed by atoms with E-state index in [0.717, 1.165) is 32.1 Å². The van der Waals surface area contributed by atoms with Crippen molar-refractivity contribution in [2.24, 2.45) is 5.92 Å². The van der Waals surface area contributed by atoms with Gasteiger partial charge in [-0.25, -0.2) is 0 Å². The first kappa shape index (κ1) is 10.4. The minimum atomic E-state index is -0.144. The molecule has 0 spiro atoms. The molecule has 2 heteroatoms. The molecular formula is C11H18O2. The second-order valence-corrected chi connectivity index (χ2v) is 3.87. The molecule has 1 fully saturated rings. The molecule has 0 heterocycles. The first-order chi connectivity index (χ1) is 6.25. The quantitative estimate of drug-likeness (QED) is 0.626. The normalized spacial score (nSPS) is 18.5. The van der Waals surface area contributed by atoms with E-state index >= 15 is 0 Å². The molecule has 74 valence electrons. The minimum absolute atomic E-state index is 0.0628. The van der Waals surface area contributed by atoms with Crippen molar-refractivity contribution in [2.75, 3.05) is 0 Å². The maximum atomic E-state index is 11.5. The Hall–Kier alpha value is -0.660. The lowest BCUT2D eigenvalue weighted by Crippen LogP contribution is -2.25. The zero-order chi connectivity index (χ0) is 9.68. The van der Waals surface area contributed by atoms with Crippen LogP contribution in [0, 0.1) is 5.92 Å². The van der Waals surface area contributed by atoms with Crippen molar-refractivity contribution >= 4 is 11.6 Å². The van der Waals surface area contributed by atoms with Gasteiger partial charge < -0.3 is 0 Å². The third kappa shape index (κ3) is 2.94. The third-order valence-electron chi connectivity index (χ3n) is 2.73. The van der Waals surface area contributed by atoms with Crippen LogP contribution in [0.3, 0.4) is 0 Å². The maximum absolute atomic E-state index is 11.5. The molecule has 1 saturated carbocycles. The molecule has 0 saturated heterocycles. The average Bonchev–Trinajstić information content (AvgIpc) is 2.18. The highest BCUT2D eigenvalue weighted by atomic mass is 16.2. The van der Waals surface area contributed by atoms with Crippen molar-refractivity contribution in [2.45, 2.75) is 51.9 Å². The molecule has 0 radical (unpaired) electrons. The van der Waals surface area contributed by atoms with Crippen LogP contribution in [0.5, 0.6) is 0 Å². The number of carbonyl (C=O) groups excluding carboxylic acids is 2. The van der Waals surface area contributed by atoms with Crippen molar-refractivity contribution in [1.82, 2.24) is 0 Å². The first-order valence-corrected chi connectivity index (χ1v) is 5.32. The van der Waals surface area contributed by atoms with E-state index in [0.29, 0.717) is 6.42 Å². The Kier molecular flexibility index (Phi) is 4.13. The summed E-state index contributed by atoms with van der Waals surface area (Å²) >= 11 is 0. The van der Waals surface area contributed by atoms with Gasteiger partial charge in [-0.05, 0) is 19.3 Å². The van der Waals surface area contributed by atoms with E-state index in [1.165, 1.54) is 6.42 Å². The molecule has 0 atom stereocenters. The Morgan fingerprint density at radius 1 is 1.15 bits per heavy atom. The molecule has 0 aliphatic heterocycles. The van der Waals surface area contributed by atoms with Crippen LogP contribution in [0.15, 0.2) is 0 Å². The van der Waals surface area contributed by atoms with Gasteiger partial charge in [-0.2, -0.15) is 0 Å². The fourth-order valence-corrected chi connectivity index (χ4v) is 1.94. The van der Waals surface area contributed by atoms with Gasteiger partial charge in [0, 0.05) is 12.3 Å². The number of Topliss-reactive ketones (excluding diaryl/α,β-unsaturated/α-hetero) is 2. The zero-order valence-electron chi connectivity index (χ0n) is 8.34. The molecule has 0 aromatic heterocycles. The highest BCUT2D eigenvalue weighted by Crippen LogP contribution is 2.24. The fourth-order valence-electron chi connectivity index (χ4n) is 1.94. The summed E-state index contributed by atoms with van der Waals surface area (Å²) in [5.41, 5.74) is 0. The third-order valence-corrected chi connectivity index (χ3v) is 2.73. The Bertz CT molecular complexity index is 190. The standard InChI is InChI=1S/C11H18O2/c1-2-6-10(12)11(13)9-7-4-3-5-8-9/h9H,2-8H2,1H3. The van der Waals surface area contributed by atoms with E-state index in [4.69, 9.17) is 0 Å². The summed E-state index contributed by atoms with van der Waals surface area (Å²) in [7, 11) is 0. The summed E-state index contributed by atoms with van der Waals surface area (Å²) < 4.78 is 0. The molecule has 1 aliphatic rings. The van der Waals surface area contributed by atoms with E-state index in [1.807, 2.05) is 6.92 Å². The molecule has 13 heavy (non-hydrogen) atoms. The summed E-state index contributed by atoms with van der Waals surface area (Å²) in [5.74, 6) is -0.177. The van der Waals surface area contributed by atoms with Crippen LogP contribution in [0.25, 0.3) is 0 Å². The van der Waals surface area contributed by atoms with Crippen LogP contribution in [-0.2, 0) is 9.59 Å². The van der Waals surface area contributed by atoms with Gasteiger partial charge in [0.15, 0.2) is 5.78 Å². The number of hydrogen-bond acceptors (Lipinski definition) is 2. The average molecular weight is 182 g/mol. The summed E-state index contributed by atoms with van der Waals surface area (Å²) in [6.45, 7) is 1.94. The maximum Gasteiger partial charge on any atom is 0.201 e. The summed E-state index contributed by atoms with van der Waals surface area (Å²) in [4.78, 5) is 22.8. The van der Waals surface area contributed by atoms with Crippen LogP contribution in [-0.4, -0.2) is 11.6 Å². The molecule has 0 N–H and O–H groups in total. The Balaban J connectivity index is 2.40. The van der Waals surface area contributed by atoms with Crippen molar-refractivity contribution in [3.63, 3.8) is 0 Å². The van der Waals surface area contributed by atoms with Crippen LogP contribution < -0.4 is 0 Å². The van der Waals surface area contributed by atoms with Gasteiger partial charge in [-0.15, -0.1) is 0 Å². The van der Waals surface area contributed by atoms with E-state index in [1.54, 1.807) is 0 Å². The van der Waals surface area contributed by atoms with E-state index in [2.05, 4.69) is 0 Å². The Morgan fingerprint density at radius 2 is 1.77 bits per heavy atom. The van der Waals surface area contributed by atoms with Crippen molar-refractivity contribution in [1.29, 1.82) is 0 Å². The van der Waals surface area contributed by atoms with Crippen molar-refractivity contribution < 1.29 is 9.59 Å². The Labute approximate surface area is 79.7 Å². The first-order valence-electron chi connectivity index (χ1n) is 5.32. The predicted octanol–water partition coefficient (Wildman–Crippen LogP) is 2.51. The molecular weight excluding hydrogens is 164 g/mol. The van der Waals surface area contributed by atoms with Gasteiger partial charge in [0.25, 0.3) is 0 Å². The number of rotatable bonds is 4. The SMILES string of the molecule is CCCC(=O)C(=O)C1CCCCC1. The molecule has 1 rings (SSSR count). The zero-order valence-corrected chi connectivity index (χ0v) is 8.34.